The topological polar surface area (TPSA) is 75.1 Å². The highest BCUT2D eigenvalue weighted by molar-refractivity contribution is 9.11. The average Bonchev–Trinajstić information content (AvgIpc) is 2.32. The van der Waals surface area contributed by atoms with E-state index in [0.717, 1.165) is 9.04 Å². The van der Waals surface area contributed by atoms with Gasteiger partial charge in [-0.2, -0.15) is 0 Å². The first-order chi connectivity index (χ1) is 9.36. The van der Waals surface area contributed by atoms with Gasteiger partial charge in [0.1, 0.15) is 0 Å². The number of nitrogens with one attached hydrogen (secondary N) is 1. The van der Waals surface area contributed by atoms with Gasteiger partial charge in [-0.05, 0) is 50.4 Å². The van der Waals surface area contributed by atoms with Crippen LogP contribution in [-0.4, -0.2) is 14.7 Å². The average molecular weight is 469 g/mol. The number of aromatic hydroxyl groups is 1. The van der Waals surface area contributed by atoms with Gasteiger partial charge in [0.25, 0.3) is 5.56 Å². The minimum Gasteiger partial charge on any atom is -0.494 e. The fourth-order valence-corrected chi connectivity index (χ4v) is 4.45. The van der Waals surface area contributed by atoms with Crippen LogP contribution >= 0.6 is 47.8 Å². The molecule has 2 aromatic rings. The molecule has 0 bridgehead atoms. The third-order valence-electron chi connectivity index (χ3n) is 2.74. The first-order valence-electron chi connectivity index (χ1n) is 5.58. The van der Waals surface area contributed by atoms with Crippen LogP contribution in [0.2, 0.25) is 0 Å². The van der Waals surface area contributed by atoms with Gasteiger partial charge in [0.15, 0.2) is 0 Å². The zero-order valence-electron chi connectivity index (χ0n) is 10.2. The molecule has 0 fully saturated rings. The van der Waals surface area contributed by atoms with E-state index in [1.807, 2.05) is 0 Å². The summed E-state index contributed by atoms with van der Waals surface area (Å²) in [6.07, 6.45) is 0.313. The Morgan fingerprint density at radius 1 is 1.20 bits per heavy atom. The smallest absolute Gasteiger partial charge is 0.335 e. The van der Waals surface area contributed by atoms with Crippen molar-refractivity contribution >= 4 is 47.8 Å². The molecule has 0 aliphatic heterocycles. The molecule has 0 unspecified atom stereocenters. The van der Waals surface area contributed by atoms with Gasteiger partial charge in [0, 0.05) is 13.4 Å². The first kappa shape index (κ1) is 15.5. The highest BCUT2D eigenvalue weighted by Gasteiger charge is 2.18. The monoisotopic (exact) mass is 466 g/mol. The molecule has 0 aliphatic rings. The van der Waals surface area contributed by atoms with Gasteiger partial charge in [-0.3, -0.25) is 9.78 Å². The maximum atomic E-state index is 12.0. The summed E-state index contributed by atoms with van der Waals surface area (Å²) >= 11 is 10.0. The summed E-state index contributed by atoms with van der Waals surface area (Å²) < 4.78 is 3.03. The molecule has 0 saturated carbocycles. The Kier molecular flexibility index (Phi) is 4.55. The number of benzene rings is 1. The van der Waals surface area contributed by atoms with E-state index < -0.39 is 11.2 Å². The van der Waals surface area contributed by atoms with Crippen LogP contribution in [0, 0.1) is 0 Å². The fraction of sp³-hybridized carbons (Fsp3) is 0.167. The SMILES string of the molecule is CCc1c(O)n(-c2c(Br)cc(Br)cc2Br)c(=O)[nH]c1=O. The summed E-state index contributed by atoms with van der Waals surface area (Å²) in [5.41, 5.74) is -0.697. The Morgan fingerprint density at radius 3 is 2.25 bits per heavy atom. The second kappa shape index (κ2) is 5.87. The Labute approximate surface area is 139 Å². The normalized spacial score (nSPS) is 10.8. The molecule has 1 aromatic carbocycles. The minimum atomic E-state index is -0.701. The molecule has 20 heavy (non-hydrogen) atoms. The number of nitrogens with zero attached hydrogens (tertiary/aromatic N) is 1. The van der Waals surface area contributed by atoms with Crippen LogP contribution in [0.5, 0.6) is 5.88 Å². The molecule has 2 rings (SSSR count). The quantitative estimate of drug-likeness (QED) is 0.711. The molecule has 0 amide bonds. The van der Waals surface area contributed by atoms with Crippen molar-refractivity contribution in [2.75, 3.05) is 0 Å². The lowest BCUT2D eigenvalue weighted by Crippen LogP contribution is -2.31. The Morgan fingerprint density at radius 2 is 1.75 bits per heavy atom. The van der Waals surface area contributed by atoms with E-state index in [0.29, 0.717) is 21.1 Å². The summed E-state index contributed by atoms with van der Waals surface area (Å²) in [6, 6.07) is 3.48. The van der Waals surface area contributed by atoms with Crippen LogP contribution in [0.4, 0.5) is 0 Å². The van der Waals surface area contributed by atoms with Crippen molar-refractivity contribution in [2.45, 2.75) is 13.3 Å². The highest BCUT2D eigenvalue weighted by Crippen LogP contribution is 2.34. The van der Waals surface area contributed by atoms with Crippen LogP contribution in [0.3, 0.4) is 0 Å². The number of H-pyrrole nitrogens is 1. The number of hydrogen-bond donors (Lipinski definition) is 2. The minimum absolute atomic E-state index is 0.159. The third kappa shape index (κ3) is 2.64. The van der Waals surface area contributed by atoms with E-state index in [1.165, 1.54) is 0 Å². The van der Waals surface area contributed by atoms with Crippen molar-refractivity contribution in [1.29, 1.82) is 0 Å². The molecule has 106 valence electrons. The van der Waals surface area contributed by atoms with Crippen molar-refractivity contribution in [1.82, 2.24) is 9.55 Å². The lowest BCUT2D eigenvalue weighted by Gasteiger charge is -2.14. The zero-order chi connectivity index (χ0) is 15.0. The fourth-order valence-electron chi connectivity index (χ4n) is 1.84. The summed E-state index contributed by atoms with van der Waals surface area (Å²) in [5, 5.41) is 10.2. The van der Waals surface area contributed by atoms with Gasteiger partial charge in [-0.1, -0.05) is 22.9 Å². The lowest BCUT2D eigenvalue weighted by molar-refractivity contribution is 0.423. The molecule has 1 aromatic heterocycles. The van der Waals surface area contributed by atoms with Gasteiger partial charge in [-0.25, -0.2) is 9.36 Å². The van der Waals surface area contributed by atoms with E-state index in [-0.39, 0.29) is 11.4 Å². The molecule has 2 N–H and O–H groups in total. The Bertz CT molecular complexity index is 773. The maximum absolute atomic E-state index is 12.0. The molecule has 0 atom stereocenters. The molecule has 0 spiro atoms. The summed E-state index contributed by atoms with van der Waals surface area (Å²) in [5.74, 6) is -0.357. The standard InChI is InChI=1S/C12H9Br3N2O3/c1-2-6-10(18)16-12(20)17(11(6)19)9-7(14)3-5(13)4-8(9)15/h3-4,19H,2H2,1H3,(H,16,18,20). The predicted molar refractivity (Wildman–Crippen MR) is 86.8 cm³/mol. The number of rotatable bonds is 2. The summed E-state index contributed by atoms with van der Waals surface area (Å²) in [7, 11) is 0. The van der Waals surface area contributed by atoms with Crippen LogP contribution in [0.25, 0.3) is 5.69 Å². The van der Waals surface area contributed by atoms with E-state index in [4.69, 9.17) is 0 Å². The third-order valence-corrected chi connectivity index (χ3v) is 4.41. The lowest BCUT2D eigenvalue weighted by atomic mass is 10.2. The van der Waals surface area contributed by atoms with Gasteiger partial charge in [0.2, 0.25) is 5.88 Å². The van der Waals surface area contributed by atoms with Crippen LogP contribution in [0.1, 0.15) is 12.5 Å². The van der Waals surface area contributed by atoms with Crippen molar-refractivity contribution in [3.8, 4) is 11.6 Å². The maximum Gasteiger partial charge on any atom is 0.335 e. The number of hydrogen-bond acceptors (Lipinski definition) is 3. The molecular formula is C12H9Br3N2O3. The van der Waals surface area contributed by atoms with E-state index in [2.05, 4.69) is 52.8 Å². The summed E-state index contributed by atoms with van der Waals surface area (Å²) in [4.78, 5) is 25.9. The van der Waals surface area contributed by atoms with Gasteiger partial charge >= 0.3 is 5.69 Å². The van der Waals surface area contributed by atoms with E-state index >= 15 is 0 Å². The molecule has 8 heteroatoms. The largest absolute Gasteiger partial charge is 0.494 e. The number of halogens is 3. The second-order valence-electron chi connectivity index (χ2n) is 3.97. The van der Waals surface area contributed by atoms with Crippen LogP contribution in [-0.2, 0) is 6.42 Å². The van der Waals surface area contributed by atoms with Gasteiger partial charge < -0.3 is 5.11 Å². The second-order valence-corrected chi connectivity index (χ2v) is 6.59. The molecule has 1 heterocycles. The van der Waals surface area contributed by atoms with Crippen molar-refractivity contribution in [2.24, 2.45) is 0 Å². The van der Waals surface area contributed by atoms with E-state index in [1.54, 1.807) is 19.1 Å². The van der Waals surface area contributed by atoms with Gasteiger partial charge in [-0.15, -0.1) is 0 Å². The van der Waals surface area contributed by atoms with Crippen LogP contribution < -0.4 is 11.2 Å². The number of aromatic nitrogens is 2. The van der Waals surface area contributed by atoms with Crippen molar-refractivity contribution in [3.05, 3.63) is 52.0 Å². The predicted octanol–water partition coefficient (Wildman–Crippen LogP) is 3.08. The zero-order valence-corrected chi connectivity index (χ0v) is 15.0. The molecule has 0 saturated heterocycles. The first-order valence-corrected chi connectivity index (χ1v) is 7.96. The Hall–Kier alpha value is -0.860. The van der Waals surface area contributed by atoms with Crippen molar-refractivity contribution < 1.29 is 5.11 Å². The number of aromatic amines is 1. The van der Waals surface area contributed by atoms with Crippen molar-refractivity contribution in [3.63, 3.8) is 0 Å². The van der Waals surface area contributed by atoms with Gasteiger partial charge in [0.05, 0.1) is 11.3 Å². The molecule has 5 nitrogen and oxygen atoms in total. The summed E-state index contributed by atoms with van der Waals surface area (Å²) in [6.45, 7) is 1.73. The molecular weight excluding hydrogens is 460 g/mol. The highest BCUT2D eigenvalue weighted by atomic mass is 79.9. The molecule has 0 radical (unpaired) electrons. The molecule has 0 aliphatic carbocycles. The Balaban J connectivity index is 2.91. The van der Waals surface area contributed by atoms with Crippen LogP contribution in [0.15, 0.2) is 35.1 Å². The van der Waals surface area contributed by atoms with E-state index in [9.17, 15) is 14.7 Å².